The number of nitrogens with zero attached hydrogens (tertiary/aromatic N) is 3. The number of methoxy groups -OCH3 is 1. The average molecular weight is 492 g/mol. The summed E-state index contributed by atoms with van der Waals surface area (Å²) in [4.78, 5) is 27.9. The Hall–Kier alpha value is -0.710. The van der Waals surface area contributed by atoms with Crippen LogP contribution in [0.5, 0.6) is 0 Å². The van der Waals surface area contributed by atoms with Crippen molar-refractivity contribution in [3.05, 3.63) is 16.3 Å². The van der Waals surface area contributed by atoms with E-state index >= 15 is 0 Å². The van der Waals surface area contributed by atoms with Crippen molar-refractivity contribution in [2.75, 3.05) is 31.9 Å². The molecule has 0 aliphatic carbocycles. The summed E-state index contributed by atoms with van der Waals surface area (Å²) in [6.45, 7) is 11.5. The Morgan fingerprint density at radius 2 is 2.10 bits per heavy atom. The number of aromatic nitrogens is 2. The van der Waals surface area contributed by atoms with E-state index in [1.807, 2.05) is 27.7 Å². The molecule has 2 aliphatic rings. The third-order valence-corrected chi connectivity index (χ3v) is 8.64. The van der Waals surface area contributed by atoms with Crippen molar-refractivity contribution in [2.45, 2.75) is 48.7 Å². The molecule has 0 unspecified atom stereocenters. The highest BCUT2D eigenvalue weighted by Gasteiger charge is 2.67. The van der Waals surface area contributed by atoms with Gasteiger partial charge in [0.15, 0.2) is 4.34 Å². The Kier molecular flexibility index (Phi) is 7.21. The first-order chi connectivity index (χ1) is 14.0. The van der Waals surface area contributed by atoms with Crippen molar-refractivity contribution in [2.24, 2.45) is 0 Å². The second kappa shape index (κ2) is 9.03. The van der Waals surface area contributed by atoms with Crippen LogP contribution in [-0.2, 0) is 19.1 Å². The van der Waals surface area contributed by atoms with E-state index in [1.165, 1.54) is 30.2 Å². The molecular weight excluding hydrogens is 463 g/mol. The zero-order valence-electron chi connectivity index (χ0n) is 18.2. The maximum Gasteiger partial charge on any atom is 0.355 e. The highest BCUT2D eigenvalue weighted by atomic mass is 32.2. The minimum absolute atomic E-state index is 0.247. The van der Waals surface area contributed by atoms with Gasteiger partial charge in [0.1, 0.15) is 21.7 Å². The standard InChI is InChI=1S/C18H27N4O4PS3/c1-10-19-20-16(30-10)29-9-11-8-28-15-18(25-5,21-27(6)7)14(24)22(15)12(11)13(23)26-17(2,3)4/h15,21H,8-9H2,1-7H3/p+1/t15-,18-/m0/s1. The van der Waals surface area contributed by atoms with Gasteiger partial charge in [0, 0.05) is 18.6 Å². The van der Waals surface area contributed by atoms with Gasteiger partial charge >= 0.3 is 5.97 Å². The number of hydrogen-bond donors (Lipinski definition) is 1. The highest BCUT2D eigenvalue weighted by molar-refractivity contribution is 8.01. The average Bonchev–Trinajstić information content (AvgIpc) is 3.06. The van der Waals surface area contributed by atoms with E-state index in [0.717, 1.165) is 14.9 Å². The number of amides is 1. The van der Waals surface area contributed by atoms with Crippen LogP contribution in [-0.4, -0.2) is 75.6 Å². The van der Waals surface area contributed by atoms with Gasteiger partial charge in [-0.25, -0.2) is 4.79 Å². The molecule has 1 aromatic rings. The van der Waals surface area contributed by atoms with Crippen LogP contribution in [0.1, 0.15) is 25.8 Å². The Balaban J connectivity index is 1.92. The number of ether oxygens (including phenoxy) is 2. The molecule has 0 bridgehead atoms. The fraction of sp³-hybridized carbons (Fsp3) is 0.667. The number of thioether (sulfide) groups is 2. The number of β-lactam (4-membered cyclic amide) rings is 1. The molecule has 0 spiro atoms. The van der Waals surface area contributed by atoms with Gasteiger partial charge in [0.05, 0.1) is 21.4 Å². The molecule has 12 heteroatoms. The minimum atomic E-state index is -1.09. The molecule has 166 valence electrons. The fourth-order valence-corrected chi connectivity index (χ4v) is 7.81. The number of rotatable bonds is 7. The van der Waals surface area contributed by atoms with Crippen molar-refractivity contribution in [1.82, 2.24) is 20.2 Å². The topological polar surface area (TPSA) is 93.7 Å². The number of carbonyl (C=O) groups excluding carboxylic acids is 2. The van der Waals surface area contributed by atoms with Crippen LogP contribution in [0.25, 0.3) is 0 Å². The fourth-order valence-electron chi connectivity index (χ4n) is 3.23. The van der Waals surface area contributed by atoms with Gasteiger partial charge in [-0.1, -0.05) is 23.1 Å². The van der Waals surface area contributed by atoms with Gasteiger partial charge in [0.25, 0.3) is 11.6 Å². The number of nitrogens with one attached hydrogen (secondary N) is 1. The lowest BCUT2D eigenvalue weighted by Gasteiger charge is -2.55. The summed E-state index contributed by atoms with van der Waals surface area (Å²) < 4.78 is 12.2. The van der Waals surface area contributed by atoms with Crippen molar-refractivity contribution in [3.63, 3.8) is 0 Å². The molecule has 1 amide bonds. The van der Waals surface area contributed by atoms with Gasteiger partial charge in [-0.2, -0.15) is 5.09 Å². The normalized spacial score (nSPS) is 24.2. The molecule has 2 atom stereocenters. The summed E-state index contributed by atoms with van der Waals surface area (Å²) in [5.41, 5.74) is -0.556. The van der Waals surface area contributed by atoms with E-state index in [-0.39, 0.29) is 11.3 Å². The lowest BCUT2D eigenvalue weighted by Crippen LogP contribution is -2.79. The zero-order chi connectivity index (χ0) is 22.3. The van der Waals surface area contributed by atoms with Gasteiger partial charge in [-0.05, 0) is 33.3 Å². The smallest absolute Gasteiger partial charge is 0.355 e. The molecule has 0 aromatic carbocycles. The molecule has 8 nitrogen and oxygen atoms in total. The maximum atomic E-state index is 13.3. The minimum Gasteiger partial charge on any atom is -0.455 e. The summed E-state index contributed by atoms with van der Waals surface area (Å²) in [5, 5.41) is 12.1. The van der Waals surface area contributed by atoms with Crippen molar-refractivity contribution in [3.8, 4) is 0 Å². The molecular formula is C18H28N4O4PS3+. The predicted molar refractivity (Wildman–Crippen MR) is 124 cm³/mol. The molecule has 0 saturated carbocycles. The molecule has 1 fully saturated rings. The van der Waals surface area contributed by atoms with E-state index in [9.17, 15) is 9.59 Å². The third-order valence-electron chi connectivity index (χ3n) is 4.34. The summed E-state index contributed by atoms with van der Waals surface area (Å²) in [6.07, 6.45) is 0. The molecule has 0 radical (unpaired) electrons. The van der Waals surface area contributed by atoms with E-state index in [4.69, 9.17) is 9.47 Å². The molecule has 2 aliphatic heterocycles. The van der Waals surface area contributed by atoms with Crippen LogP contribution in [0.15, 0.2) is 15.6 Å². The van der Waals surface area contributed by atoms with Gasteiger partial charge < -0.3 is 9.47 Å². The second-order valence-corrected chi connectivity index (χ2v) is 14.0. The first-order valence-corrected chi connectivity index (χ1v) is 14.8. The lowest BCUT2D eigenvalue weighted by molar-refractivity contribution is -0.188. The van der Waals surface area contributed by atoms with Crippen LogP contribution in [0.3, 0.4) is 0 Å². The molecule has 1 aromatic heterocycles. The first-order valence-electron chi connectivity index (χ1n) is 9.45. The molecule has 1 saturated heterocycles. The first kappa shape index (κ1) is 23.9. The van der Waals surface area contributed by atoms with Gasteiger partial charge in [0.2, 0.25) is 0 Å². The van der Waals surface area contributed by atoms with E-state index in [1.54, 1.807) is 16.7 Å². The Morgan fingerprint density at radius 1 is 1.40 bits per heavy atom. The maximum absolute atomic E-state index is 13.3. The largest absolute Gasteiger partial charge is 0.455 e. The predicted octanol–water partition coefficient (Wildman–Crippen LogP) is 2.77. The lowest BCUT2D eigenvalue weighted by atomic mass is 9.99. The molecule has 3 rings (SSSR count). The summed E-state index contributed by atoms with van der Waals surface area (Å²) in [6, 6.07) is 0. The zero-order valence-corrected chi connectivity index (χ0v) is 21.6. The van der Waals surface area contributed by atoms with Crippen LogP contribution >= 0.6 is 42.9 Å². The second-order valence-electron chi connectivity index (χ2n) is 8.23. The molecule has 3 heterocycles. The third kappa shape index (κ3) is 4.71. The SMILES string of the molecule is CO[C@@]1(N[PH+](C)C)C(=O)N2C(C(=O)OC(C)(C)C)=C(CSc3nnc(C)s3)CS[C@H]21. The number of carbonyl (C=O) groups is 2. The van der Waals surface area contributed by atoms with Gasteiger partial charge in [-0.15, -0.1) is 22.0 Å². The van der Waals surface area contributed by atoms with E-state index < -0.39 is 25.4 Å². The summed E-state index contributed by atoms with van der Waals surface area (Å²) in [7, 11) is 0.581. The van der Waals surface area contributed by atoms with Crippen LogP contribution in [0.2, 0.25) is 0 Å². The van der Waals surface area contributed by atoms with Crippen molar-refractivity contribution in [1.29, 1.82) is 0 Å². The van der Waals surface area contributed by atoms with Crippen molar-refractivity contribution < 1.29 is 19.1 Å². The Bertz CT molecular complexity index is 870. The molecule has 30 heavy (non-hydrogen) atoms. The summed E-state index contributed by atoms with van der Waals surface area (Å²) >= 11 is 4.63. The quantitative estimate of drug-likeness (QED) is 0.203. The van der Waals surface area contributed by atoms with E-state index in [2.05, 4.69) is 28.6 Å². The van der Waals surface area contributed by atoms with Crippen LogP contribution in [0, 0.1) is 6.92 Å². The Labute approximate surface area is 190 Å². The molecule has 1 N–H and O–H groups in total. The number of aryl methyl sites for hydroxylation is 1. The number of esters is 1. The van der Waals surface area contributed by atoms with Crippen molar-refractivity contribution >= 4 is 54.8 Å². The van der Waals surface area contributed by atoms with E-state index in [0.29, 0.717) is 17.2 Å². The Morgan fingerprint density at radius 3 is 2.63 bits per heavy atom. The highest BCUT2D eigenvalue weighted by Crippen LogP contribution is 2.49. The van der Waals surface area contributed by atoms with Crippen LogP contribution < -0.4 is 5.09 Å². The van der Waals surface area contributed by atoms with Gasteiger partial charge in [-0.3, -0.25) is 9.69 Å². The van der Waals surface area contributed by atoms with Crippen LogP contribution in [0.4, 0.5) is 0 Å². The number of hydrogen-bond acceptors (Lipinski definition) is 10. The summed E-state index contributed by atoms with van der Waals surface area (Å²) in [5.74, 6) is 0.421. The number of fused-ring (bicyclic) bond motifs is 1. The monoisotopic (exact) mass is 491 g/mol.